The van der Waals surface area contributed by atoms with Crippen molar-refractivity contribution in [3.8, 4) is 0 Å². The molecule has 0 aliphatic rings. The quantitative estimate of drug-likeness (QED) is 0.339. The number of amidine groups is 1. The summed E-state index contributed by atoms with van der Waals surface area (Å²) in [6, 6.07) is 7.22. The summed E-state index contributed by atoms with van der Waals surface area (Å²) in [5.41, 5.74) is 7.25. The molecule has 0 unspecified atom stereocenters. The first-order valence-corrected chi connectivity index (χ1v) is 6.18. The highest BCUT2D eigenvalue weighted by molar-refractivity contribution is 5.96. The molecule has 1 aromatic heterocycles. The molecule has 4 N–H and O–H groups in total. The summed E-state index contributed by atoms with van der Waals surface area (Å²) in [5.74, 6) is -1.84. The van der Waals surface area contributed by atoms with Gasteiger partial charge in [0.15, 0.2) is 17.5 Å². The molecule has 0 saturated heterocycles. The molecule has 5 nitrogen and oxygen atoms in total. The number of benzene rings is 1. The Morgan fingerprint density at radius 3 is 2.76 bits per heavy atom. The van der Waals surface area contributed by atoms with Crippen LogP contribution in [0.2, 0.25) is 0 Å². The van der Waals surface area contributed by atoms with E-state index in [-0.39, 0.29) is 5.84 Å². The zero-order chi connectivity index (χ0) is 15.2. The van der Waals surface area contributed by atoms with Crippen molar-refractivity contribution >= 4 is 5.84 Å². The number of hydrogen-bond acceptors (Lipinski definition) is 4. The number of hydrogen-bond donors (Lipinski definition) is 3. The Balaban J connectivity index is 2.02. The molecular weight excluding hydrogens is 278 g/mol. The molecule has 0 radical (unpaired) electrons. The summed E-state index contributed by atoms with van der Waals surface area (Å²) < 4.78 is 25.9. The minimum Gasteiger partial charge on any atom is -0.409 e. The summed E-state index contributed by atoms with van der Waals surface area (Å²) in [7, 11) is 0. The van der Waals surface area contributed by atoms with Gasteiger partial charge in [-0.1, -0.05) is 17.3 Å². The molecule has 0 amide bonds. The van der Waals surface area contributed by atoms with E-state index in [0.717, 1.165) is 17.7 Å². The molecule has 21 heavy (non-hydrogen) atoms. The van der Waals surface area contributed by atoms with Crippen LogP contribution in [0.25, 0.3) is 0 Å². The van der Waals surface area contributed by atoms with E-state index >= 15 is 0 Å². The van der Waals surface area contributed by atoms with E-state index in [1.807, 2.05) is 0 Å². The summed E-state index contributed by atoms with van der Waals surface area (Å²) in [6.07, 6.45) is 1.53. The van der Waals surface area contributed by atoms with Gasteiger partial charge in [0.2, 0.25) is 0 Å². The number of nitrogens with one attached hydrogen (secondary N) is 1. The van der Waals surface area contributed by atoms with Gasteiger partial charge in [-0.2, -0.15) is 0 Å². The Labute approximate surface area is 120 Å². The average Bonchev–Trinajstić information content (AvgIpc) is 2.50. The first-order valence-electron chi connectivity index (χ1n) is 6.18. The van der Waals surface area contributed by atoms with E-state index in [1.54, 1.807) is 12.1 Å². The zero-order valence-electron chi connectivity index (χ0n) is 11.1. The van der Waals surface area contributed by atoms with Gasteiger partial charge in [-0.3, -0.25) is 4.98 Å². The van der Waals surface area contributed by atoms with Gasteiger partial charge >= 0.3 is 0 Å². The summed E-state index contributed by atoms with van der Waals surface area (Å²) in [6.45, 7) is 0.736. The Morgan fingerprint density at radius 2 is 2.05 bits per heavy atom. The molecule has 0 aliphatic carbocycles. The van der Waals surface area contributed by atoms with Crippen molar-refractivity contribution in [1.29, 1.82) is 0 Å². The molecule has 0 fully saturated rings. The summed E-state index contributed by atoms with van der Waals surface area (Å²) in [5, 5.41) is 14.7. The van der Waals surface area contributed by atoms with Crippen LogP contribution in [0.3, 0.4) is 0 Å². The van der Waals surface area contributed by atoms with Crippen LogP contribution in [0.1, 0.15) is 16.8 Å². The van der Waals surface area contributed by atoms with Crippen LogP contribution < -0.4 is 11.1 Å². The number of nitrogens with two attached hydrogens (primary N) is 1. The van der Waals surface area contributed by atoms with E-state index in [2.05, 4.69) is 15.5 Å². The molecule has 0 aliphatic heterocycles. The van der Waals surface area contributed by atoms with Crippen LogP contribution in [0.5, 0.6) is 0 Å². The van der Waals surface area contributed by atoms with E-state index in [9.17, 15) is 8.78 Å². The molecule has 2 rings (SSSR count). The Morgan fingerprint density at radius 1 is 1.24 bits per heavy atom. The molecule has 110 valence electrons. The van der Waals surface area contributed by atoms with Crippen LogP contribution in [0, 0.1) is 11.6 Å². The SMILES string of the molecule is NC(=NO)c1ncccc1CNCc1ccc(F)c(F)c1. The van der Waals surface area contributed by atoms with Gasteiger partial charge in [0, 0.05) is 19.3 Å². The van der Waals surface area contributed by atoms with E-state index in [0.29, 0.717) is 24.3 Å². The van der Waals surface area contributed by atoms with Crippen LogP contribution in [-0.4, -0.2) is 16.0 Å². The van der Waals surface area contributed by atoms with Crippen molar-refractivity contribution in [2.75, 3.05) is 0 Å². The maximum absolute atomic E-state index is 13.1. The Bertz CT molecular complexity index is 661. The normalized spacial score (nSPS) is 11.6. The predicted molar refractivity (Wildman–Crippen MR) is 73.6 cm³/mol. The van der Waals surface area contributed by atoms with Crippen LogP contribution in [0.4, 0.5) is 8.78 Å². The van der Waals surface area contributed by atoms with Gasteiger partial charge in [-0.05, 0) is 29.3 Å². The van der Waals surface area contributed by atoms with Crippen molar-refractivity contribution in [2.24, 2.45) is 10.9 Å². The van der Waals surface area contributed by atoms with Gasteiger partial charge in [-0.15, -0.1) is 0 Å². The van der Waals surface area contributed by atoms with Crippen LogP contribution in [-0.2, 0) is 13.1 Å². The van der Waals surface area contributed by atoms with Crippen molar-refractivity contribution in [3.63, 3.8) is 0 Å². The molecule has 0 spiro atoms. The highest BCUT2D eigenvalue weighted by atomic mass is 19.2. The molecule has 0 bridgehead atoms. The Kier molecular flexibility index (Phi) is 4.78. The second-order valence-electron chi connectivity index (χ2n) is 4.35. The standard InChI is InChI=1S/C14H14F2N4O/c15-11-4-3-9(6-12(11)16)7-18-8-10-2-1-5-19-13(10)14(17)20-21/h1-6,18,21H,7-8H2,(H2,17,20). The maximum atomic E-state index is 13.1. The fraction of sp³-hybridized carbons (Fsp3) is 0.143. The maximum Gasteiger partial charge on any atom is 0.189 e. The van der Waals surface area contributed by atoms with Crippen LogP contribution in [0.15, 0.2) is 41.7 Å². The molecule has 1 aromatic carbocycles. The van der Waals surface area contributed by atoms with E-state index in [1.165, 1.54) is 12.3 Å². The monoisotopic (exact) mass is 292 g/mol. The van der Waals surface area contributed by atoms with Gasteiger partial charge in [0.05, 0.1) is 0 Å². The zero-order valence-corrected chi connectivity index (χ0v) is 11.1. The molecular formula is C14H14F2N4O. The molecule has 7 heteroatoms. The fourth-order valence-electron chi connectivity index (χ4n) is 1.85. The largest absolute Gasteiger partial charge is 0.409 e. The number of nitrogens with zero attached hydrogens (tertiary/aromatic N) is 2. The lowest BCUT2D eigenvalue weighted by Gasteiger charge is -2.09. The first-order chi connectivity index (χ1) is 10.1. The summed E-state index contributed by atoms with van der Waals surface area (Å²) >= 11 is 0. The van der Waals surface area contributed by atoms with Gasteiger partial charge in [0.1, 0.15) is 5.69 Å². The minimum absolute atomic E-state index is 0.0831. The van der Waals surface area contributed by atoms with Gasteiger partial charge in [0.25, 0.3) is 0 Å². The molecule has 0 saturated carbocycles. The third kappa shape index (κ3) is 3.73. The smallest absolute Gasteiger partial charge is 0.189 e. The number of halogens is 2. The molecule has 2 aromatic rings. The summed E-state index contributed by atoms with van der Waals surface area (Å²) in [4.78, 5) is 4.04. The number of pyridine rings is 1. The number of aromatic nitrogens is 1. The lowest BCUT2D eigenvalue weighted by atomic mass is 10.1. The molecule has 0 atom stereocenters. The van der Waals surface area contributed by atoms with Crippen LogP contribution >= 0.6 is 0 Å². The van der Waals surface area contributed by atoms with Gasteiger partial charge in [-0.25, -0.2) is 8.78 Å². The number of oxime groups is 1. The van der Waals surface area contributed by atoms with E-state index < -0.39 is 11.6 Å². The van der Waals surface area contributed by atoms with Crippen molar-refractivity contribution in [3.05, 3.63) is 65.0 Å². The van der Waals surface area contributed by atoms with Crippen molar-refractivity contribution in [2.45, 2.75) is 13.1 Å². The third-order valence-electron chi connectivity index (χ3n) is 2.87. The fourth-order valence-corrected chi connectivity index (χ4v) is 1.85. The first kappa shape index (κ1) is 14.9. The Hall–Kier alpha value is -2.54. The minimum atomic E-state index is -0.881. The lowest BCUT2D eigenvalue weighted by molar-refractivity contribution is 0.318. The second kappa shape index (κ2) is 6.76. The number of rotatable bonds is 5. The lowest BCUT2D eigenvalue weighted by Crippen LogP contribution is -2.21. The molecule has 1 heterocycles. The topological polar surface area (TPSA) is 83.5 Å². The average molecular weight is 292 g/mol. The third-order valence-corrected chi connectivity index (χ3v) is 2.87. The second-order valence-corrected chi connectivity index (χ2v) is 4.35. The van der Waals surface area contributed by atoms with Crippen molar-refractivity contribution in [1.82, 2.24) is 10.3 Å². The van der Waals surface area contributed by atoms with Gasteiger partial charge < -0.3 is 16.3 Å². The highest BCUT2D eigenvalue weighted by Gasteiger charge is 2.08. The highest BCUT2D eigenvalue weighted by Crippen LogP contribution is 2.09. The van der Waals surface area contributed by atoms with Crippen molar-refractivity contribution < 1.29 is 14.0 Å². The van der Waals surface area contributed by atoms with E-state index in [4.69, 9.17) is 10.9 Å². The predicted octanol–water partition coefficient (Wildman–Crippen LogP) is 1.74.